The molecule has 0 spiro atoms. The standard InChI is InChI=1S/C6H8F4O/c1-2-11-4(6(9)10)3-5(7)8/h2,4-6H,1,3H2. The van der Waals surface area contributed by atoms with E-state index in [0.717, 1.165) is 6.26 Å². The number of hydrogen-bond donors (Lipinski definition) is 0. The quantitative estimate of drug-likeness (QED) is 0.457. The van der Waals surface area contributed by atoms with Crippen molar-refractivity contribution in [3.8, 4) is 0 Å². The fraction of sp³-hybridized carbons (Fsp3) is 0.667. The van der Waals surface area contributed by atoms with Crippen LogP contribution in [0.1, 0.15) is 6.42 Å². The van der Waals surface area contributed by atoms with Gasteiger partial charge in [-0.2, -0.15) is 0 Å². The second-order valence-electron chi connectivity index (χ2n) is 1.80. The first-order chi connectivity index (χ1) is 5.07. The highest BCUT2D eigenvalue weighted by atomic mass is 19.3. The SMILES string of the molecule is C=COC(CC(F)F)C(F)F. The van der Waals surface area contributed by atoms with Gasteiger partial charge in [-0.3, -0.25) is 0 Å². The summed E-state index contributed by atoms with van der Waals surface area (Å²) in [6, 6.07) is 0. The molecule has 1 unspecified atom stereocenters. The average molecular weight is 172 g/mol. The van der Waals surface area contributed by atoms with Crippen molar-refractivity contribution in [1.29, 1.82) is 0 Å². The van der Waals surface area contributed by atoms with Gasteiger partial charge < -0.3 is 4.74 Å². The Morgan fingerprint density at radius 1 is 1.27 bits per heavy atom. The zero-order valence-electron chi connectivity index (χ0n) is 5.64. The van der Waals surface area contributed by atoms with E-state index in [1.54, 1.807) is 0 Å². The first kappa shape index (κ1) is 10.3. The summed E-state index contributed by atoms with van der Waals surface area (Å²) in [7, 11) is 0. The topological polar surface area (TPSA) is 9.23 Å². The Balaban J connectivity index is 3.78. The molecule has 66 valence electrons. The largest absolute Gasteiger partial charge is 0.492 e. The molecule has 0 heterocycles. The summed E-state index contributed by atoms with van der Waals surface area (Å²) in [4.78, 5) is 0. The minimum atomic E-state index is -2.90. The van der Waals surface area contributed by atoms with E-state index in [1.807, 2.05) is 0 Å². The van der Waals surface area contributed by atoms with Crippen LogP contribution < -0.4 is 0 Å². The molecule has 0 radical (unpaired) electrons. The van der Waals surface area contributed by atoms with Crippen molar-refractivity contribution in [3.63, 3.8) is 0 Å². The van der Waals surface area contributed by atoms with E-state index in [-0.39, 0.29) is 0 Å². The van der Waals surface area contributed by atoms with Gasteiger partial charge in [-0.25, -0.2) is 17.6 Å². The molecule has 0 saturated carbocycles. The van der Waals surface area contributed by atoms with Gasteiger partial charge in [0.15, 0.2) is 6.10 Å². The van der Waals surface area contributed by atoms with E-state index in [1.165, 1.54) is 0 Å². The Bertz CT molecular complexity index is 115. The van der Waals surface area contributed by atoms with Crippen molar-refractivity contribution in [2.75, 3.05) is 0 Å². The molecule has 0 aromatic rings. The van der Waals surface area contributed by atoms with Crippen molar-refractivity contribution < 1.29 is 22.3 Å². The predicted molar refractivity (Wildman–Crippen MR) is 31.7 cm³/mol. The van der Waals surface area contributed by atoms with Crippen molar-refractivity contribution in [3.05, 3.63) is 12.8 Å². The molecule has 0 aromatic heterocycles. The van der Waals surface area contributed by atoms with E-state index >= 15 is 0 Å². The lowest BCUT2D eigenvalue weighted by molar-refractivity contribution is -0.0454. The van der Waals surface area contributed by atoms with Crippen LogP contribution >= 0.6 is 0 Å². The number of rotatable bonds is 5. The molecule has 0 aliphatic rings. The van der Waals surface area contributed by atoms with Gasteiger partial charge in [-0.05, 0) is 0 Å². The Kier molecular flexibility index (Phi) is 4.65. The summed E-state index contributed by atoms with van der Waals surface area (Å²) in [5.41, 5.74) is 0. The lowest BCUT2D eigenvalue weighted by Crippen LogP contribution is -2.22. The van der Waals surface area contributed by atoms with Crippen molar-refractivity contribution in [1.82, 2.24) is 0 Å². The first-order valence-electron chi connectivity index (χ1n) is 2.90. The molecule has 0 N–H and O–H groups in total. The average Bonchev–Trinajstić information content (AvgIpc) is 1.86. The van der Waals surface area contributed by atoms with Crippen LogP contribution in [0.4, 0.5) is 17.6 Å². The Morgan fingerprint density at radius 3 is 2.09 bits per heavy atom. The summed E-state index contributed by atoms with van der Waals surface area (Å²) >= 11 is 0. The van der Waals surface area contributed by atoms with Crippen LogP contribution in [0.3, 0.4) is 0 Å². The third-order valence-corrected chi connectivity index (χ3v) is 0.963. The minimum absolute atomic E-state index is 0.735. The number of hydrogen-bond acceptors (Lipinski definition) is 1. The van der Waals surface area contributed by atoms with Crippen molar-refractivity contribution in [2.45, 2.75) is 25.4 Å². The molecule has 0 aliphatic carbocycles. The lowest BCUT2D eigenvalue weighted by Gasteiger charge is -2.14. The summed E-state index contributed by atoms with van der Waals surface area (Å²) < 4.78 is 50.7. The van der Waals surface area contributed by atoms with Gasteiger partial charge in [0.1, 0.15) is 0 Å². The van der Waals surface area contributed by atoms with Gasteiger partial charge in [-0.1, -0.05) is 6.58 Å². The molecule has 0 rings (SSSR count). The molecule has 0 amide bonds. The predicted octanol–water partition coefficient (Wildman–Crippen LogP) is 2.44. The maximum Gasteiger partial charge on any atom is 0.274 e. The van der Waals surface area contributed by atoms with Gasteiger partial charge in [0, 0.05) is 0 Å². The van der Waals surface area contributed by atoms with Crippen LogP contribution in [0.5, 0.6) is 0 Å². The summed E-state index contributed by atoms with van der Waals surface area (Å²) in [5, 5.41) is 0. The normalized spacial score (nSPS) is 13.6. The number of alkyl halides is 4. The maximum absolute atomic E-state index is 11.7. The monoisotopic (exact) mass is 172 g/mol. The van der Waals surface area contributed by atoms with E-state index in [9.17, 15) is 17.6 Å². The van der Waals surface area contributed by atoms with Crippen LogP contribution in [-0.4, -0.2) is 19.0 Å². The first-order valence-corrected chi connectivity index (χ1v) is 2.90. The zero-order chi connectivity index (χ0) is 8.85. The molecule has 0 bridgehead atoms. The Hall–Kier alpha value is -0.740. The Labute approximate surface area is 61.7 Å². The van der Waals surface area contributed by atoms with Crippen LogP contribution in [0.2, 0.25) is 0 Å². The molecule has 0 fully saturated rings. The van der Waals surface area contributed by atoms with Gasteiger partial charge in [0.25, 0.3) is 6.43 Å². The number of ether oxygens (including phenoxy) is 1. The van der Waals surface area contributed by atoms with Crippen LogP contribution in [0, 0.1) is 0 Å². The molecule has 5 heteroatoms. The summed E-state index contributed by atoms with van der Waals surface area (Å²) in [6.07, 6.45) is -7.66. The van der Waals surface area contributed by atoms with Gasteiger partial charge in [-0.15, -0.1) is 0 Å². The highest BCUT2D eigenvalue weighted by Gasteiger charge is 2.24. The third-order valence-electron chi connectivity index (χ3n) is 0.963. The smallest absolute Gasteiger partial charge is 0.274 e. The van der Waals surface area contributed by atoms with Crippen LogP contribution in [0.15, 0.2) is 12.8 Å². The molecular weight excluding hydrogens is 164 g/mol. The van der Waals surface area contributed by atoms with Crippen LogP contribution in [0.25, 0.3) is 0 Å². The zero-order valence-corrected chi connectivity index (χ0v) is 5.64. The van der Waals surface area contributed by atoms with E-state index in [4.69, 9.17) is 0 Å². The summed E-state index contributed by atoms with van der Waals surface area (Å²) in [5.74, 6) is 0. The second-order valence-corrected chi connectivity index (χ2v) is 1.80. The molecule has 0 saturated heterocycles. The maximum atomic E-state index is 11.7. The lowest BCUT2D eigenvalue weighted by atomic mass is 10.3. The molecule has 1 nitrogen and oxygen atoms in total. The third kappa shape index (κ3) is 4.64. The van der Waals surface area contributed by atoms with E-state index in [0.29, 0.717) is 0 Å². The highest BCUT2D eigenvalue weighted by molar-refractivity contribution is 4.65. The van der Waals surface area contributed by atoms with Gasteiger partial charge >= 0.3 is 0 Å². The number of halogens is 4. The minimum Gasteiger partial charge on any atom is -0.492 e. The van der Waals surface area contributed by atoms with Crippen molar-refractivity contribution in [2.24, 2.45) is 0 Å². The highest BCUT2D eigenvalue weighted by Crippen LogP contribution is 2.14. The molecular formula is C6H8F4O. The fourth-order valence-corrected chi connectivity index (χ4v) is 0.517. The van der Waals surface area contributed by atoms with Gasteiger partial charge in [0.2, 0.25) is 6.43 Å². The van der Waals surface area contributed by atoms with Crippen LogP contribution in [-0.2, 0) is 4.74 Å². The fourth-order valence-electron chi connectivity index (χ4n) is 0.517. The molecule has 11 heavy (non-hydrogen) atoms. The second kappa shape index (κ2) is 4.98. The molecule has 0 aliphatic heterocycles. The van der Waals surface area contributed by atoms with Crippen molar-refractivity contribution >= 4 is 0 Å². The molecule has 0 aromatic carbocycles. The summed E-state index contributed by atoms with van der Waals surface area (Å²) in [6.45, 7) is 2.99. The van der Waals surface area contributed by atoms with Gasteiger partial charge in [0.05, 0.1) is 12.7 Å². The Morgan fingerprint density at radius 2 is 1.82 bits per heavy atom. The molecule has 1 atom stereocenters. The van der Waals surface area contributed by atoms with E-state index < -0.39 is 25.4 Å². The van der Waals surface area contributed by atoms with E-state index in [2.05, 4.69) is 11.3 Å².